The predicted molar refractivity (Wildman–Crippen MR) is 83.1 cm³/mol. The Bertz CT molecular complexity index is 592. The molecule has 0 saturated carbocycles. The van der Waals surface area contributed by atoms with Crippen molar-refractivity contribution in [2.24, 2.45) is 5.73 Å². The molecule has 0 radical (unpaired) electrons. The molecule has 100 valence electrons. The van der Waals surface area contributed by atoms with Gasteiger partial charge in [0, 0.05) is 24.0 Å². The average Bonchev–Trinajstić information content (AvgIpc) is 2.85. The first kappa shape index (κ1) is 13.0. The minimum atomic E-state index is 0.0244. The SMILES string of the molecule is CC(N)c1ccc(N2CCc3sccc3C2)c(Cl)c1. The summed E-state index contributed by atoms with van der Waals surface area (Å²) in [6.45, 7) is 3.96. The molecule has 0 fully saturated rings. The van der Waals surface area contributed by atoms with Gasteiger partial charge in [-0.3, -0.25) is 0 Å². The van der Waals surface area contributed by atoms with Gasteiger partial charge in [-0.2, -0.15) is 0 Å². The van der Waals surface area contributed by atoms with Crippen LogP contribution >= 0.6 is 22.9 Å². The van der Waals surface area contributed by atoms with Crippen molar-refractivity contribution < 1.29 is 0 Å². The lowest BCUT2D eigenvalue weighted by Gasteiger charge is -2.30. The van der Waals surface area contributed by atoms with Crippen LogP contribution in [0.4, 0.5) is 5.69 Å². The number of nitrogens with zero attached hydrogens (tertiary/aromatic N) is 1. The molecule has 2 nitrogen and oxygen atoms in total. The van der Waals surface area contributed by atoms with Crippen LogP contribution < -0.4 is 10.6 Å². The second kappa shape index (κ2) is 5.16. The molecule has 0 saturated heterocycles. The molecular weight excluding hydrogens is 276 g/mol. The van der Waals surface area contributed by atoms with Crippen LogP contribution in [0.2, 0.25) is 5.02 Å². The number of benzene rings is 1. The van der Waals surface area contributed by atoms with Crippen molar-refractivity contribution in [1.29, 1.82) is 0 Å². The third kappa shape index (κ3) is 2.50. The number of rotatable bonds is 2. The molecule has 1 aromatic heterocycles. The van der Waals surface area contributed by atoms with E-state index in [1.807, 2.05) is 24.3 Å². The van der Waals surface area contributed by atoms with E-state index in [-0.39, 0.29) is 6.04 Å². The molecule has 2 heterocycles. The largest absolute Gasteiger partial charge is 0.366 e. The summed E-state index contributed by atoms with van der Waals surface area (Å²) in [5.41, 5.74) is 9.52. The standard InChI is InChI=1S/C15H17ClN2S/c1-10(17)11-2-3-14(13(16)8-11)18-6-4-15-12(9-18)5-7-19-15/h2-3,5,7-8,10H,4,6,9,17H2,1H3. The van der Waals surface area contributed by atoms with E-state index in [1.165, 1.54) is 10.4 Å². The van der Waals surface area contributed by atoms with E-state index in [0.29, 0.717) is 0 Å². The highest BCUT2D eigenvalue weighted by molar-refractivity contribution is 7.10. The van der Waals surface area contributed by atoms with Gasteiger partial charge in [0.25, 0.3) is 0 Å². The van der Waals surface area contributed by atoms with Crippen molar-refractivity contribution >= 4 is 28.6 Å². The summed E-state index contributed by atoms with van der Waals surface area (Å²) < 4.78 is 0. The van der Waals surface area contributed by atoms with Gasteiger partial charge in [0.15, 0.2) is 0 Å². The first-order chi connectivity index (χ1) is 9.15. The van der Waals surface area contributed by atoms with Gasteiger partial charge in [0.2, 0.25) is 0 Å². The summed E-state index contributed by atoms with van der Waals surface area (Å²) >= 11 is 8.27. The maximum atomic E-state index is 6.41. The van der Waals surface area contributed by atoms with Crippen LogP contribution in [0.1, 0.15) is 29.0 Å². The number of halogens is 1. The fourth-order valence-corrected chi connectivity index (χ4v) is 3.72. The van der Waals surface area contributed by atoms with Crippen molar-refractivity contribution in [1.82, 2.24) is 0 Å². The van der Waals surface area contributed by atoms with E-state index in [4.69, 9.17) is 17.3 Å². The lowest BCUT2D eigenvalue weighted by atomic mass is 10.1. The van der Waals surface area contributed by atoms with Gasteiger partial charge in [0.05, 0.1) is 10.7 Å². The Balaban J connectivity index is 1.88. The number of anilines is 1. The highest BCUT2D eigenvalue weighted by atomic mass is 35.5. The first-order valence-corrected chi connectivity index (χ1v) is 7.76. The second-order valence-corrected chi connectivity index (χ2v) is 6.45. The van der Waals surface area contributed by atoms with Gasteiger partial charge in [-0.1, -0.05) is 17.7 Å². The normalized spacial score (nSPS) is 16.3. The molecule has 4 heteroatoms. The third-order valence-electron chi connectivity index (χ3n) is 3.65. The van der Waals surface area contributed by atoms with Gasteiger partial charge in [0.1, 0.15) is 0 Å². The number of hydrogen-bond acceptors (Lipinski definition) is 3. The van der Waals surface area contributed by atoms with Crippen LogP contribution in [0.3, 0.4) is 0 Å². The molecule has 1 unspecified atom stereocenters. The number of hydrogen-bond donors (Lipinski definition) is 1. The van der Waals surface area contributed by atoms with E-state index in [2.05, 4.69) is 28.5 Å². The quantitative estimate of drug-likeness (QED) is 0.907. The average molecular weight is 293 g/mol. The Kier molecular flexibility index (Phi) is 3.52. The Morgan fingerprint density at radius 2 is 2.21 bits per heavy atom. The van der Waals surface area contributed by atoms with Crippen LogP contribution in [0.25, 0.3) is 0 Å². The summed E-state index contributed by atoms with van der Waals surface area (Å²) in [6, 6.07) is 8.41. The van der Waals surface area contributed by atoms with Crippen LogP contribution in [0.5, 0.6) is 0 Å². The highest BCUT2D eigenvalue weighted by Crippen LogP contribution is 2.33. The Morgan fingerprint density at radius 1 is 1.37 bits per heavy atom. The van der Waals surface area contributed by atoms with E-state index in [9.17, 15) is 0 Å². The highest BCUT2D eigenvalue weighted by Gasteiger charge is 2.19. The second-order valence-electron chi connectivity index (χ2n) is 5.04. The zero-order valence-corrected chi connectivity index (χ0v) is 12.5. The van der Waals surface area contributed by atoms with Gasteiger partial charge in [-0.05, 0) is 48.1 Å². The fraction of sp³-hybridized carbons (Fsp3) is 0.333. The third-order valence-corrected chi connectivity index (χ3v) is 4.97. The molecule has 2 aromatic rings. The minimum Gasteiger partial charge on any atom is -0.366 e. The summed E-state index contributed by atoms with van der Waals surface area (Å²) in [6.07, 6.45) is 1.11. The maximum Gasteiger partial charge on any atom is 0.0643 e. The fourth-order valence-electron chi connectivity index (χ4n) is 2.52. The van der Waals surface area contributed by atoms with Crippen molar-refractivity contribution in [3.63, 3.8) is 0 Å². The molecule has 2 N–H and O–H groups in total. The van der Waals surface area contributed by atoms with Gasteiger partial charge in [-0.15, -0.1) is 11.3 Å². The molecule has 0 amide bonds. The van der Waals surface area contributed by atoms with Gasteiger partial charge < -0.3 is 10.6 Å². The van der Waals surface area contributed by atoms with E-state index in [0.717, 1.165) is 35.8 Å². The van der Waals surface area contributed by atoms with E-state index < -0.39 is 0 Å². The molecule has 3 rings (SSSR count). The summed E-state index contributed by atoms with van der Waals surface area (Å²) in [4.78, 5) is 3.86. The topological polar surface area (TPSA) is 29.3 Å². The Labute approximate surface area is 122 Å². The molecule has 0 aliphatic carbocycles. The van der Waals surface area contributed by atoms with E-state index in [1.54, 1.807) is 0 Å². The van der Waals surface area contributed by atoms with Crippen molar-refractivity contribution in [2.75, 3.05) is 11.4 Å². The molecule has 1 aliphatic rings. The number of nitrogens with two attached hydrogens (primary N) is 1. The monoisotopic (exact) mass is 292 g/mol. The van der Waals surface area contributed by atoms with Crippen LogP contribution in [-0.2, 0) is 13.0 Å². The number of fused-ring (bicyclic) bond motifs is 1. The molecule has 1 atom stereocenters. The summed E-state index contributed by atoms with van der Waals surface area (Å²) in [5, 5.41) is 2.98. The number of thiophene rings is 1. The predicted octanol–water partition coefficient (Wildman–Crippen LogP) is 3.98. The molecule has 0 spiro atoms. The lowest BCUT2D eigenvalue weighted by molar-refractivity contribution is 0.742. The van der Waals surface area contributed by atoms with Crippen molar-refractivity contribution in [2.45, 2.75) is 25.9 Å². The lowest BCUT2D eigenvalue weighted by Crippen LogP contribution is -2.29. The van der Waals surface area contributed by atoms with Gasteiger partial charge in [-0.25, -0.2) is 0 Å². The van der Waals surface area contributed by atoms with Crippen LogP contribution in [-0.4, -0.2) is 6.54 Å². The zero-order chi connectivity index (χ0) is 13.4. The zero-order valence-electron chi connectivity index (χ0n) is 10.9. The first-order valence-electron chi connectivity index (χ1n) is 6.50. The molecular formula is C15H17ClN2S. The van der Waals surface area contributed by atoms with Crippen molar-refractivity contribution in [3.05, 3.63) is 50.7 Å². The van der Waals surface area contributed by atoms with Crippen LogP contribution in [0.15, 0.2) is 29.6 Å². The Hall–Kier alpha value is -1.03. The van der Waals surface area contributed by atoms with Crippen LogP contribution in [0, 0.1) is 0 Å². The molecule has 19 heavy (non-hydrogen) atoms. The summed E-state index contributed by atoms with van der Waals surface area (Å²) in [7, 11) is 0. The van der Waals surface area contributed by atoms with E-state index >= 15 is 0 Å². The summed E-state index contributed by atoms with van der Waals surface area (Å²) in [5.74, 6) is 0. The maximum absolute atomic E-state index is 6.41. The van der Waals surface area contributed by atoms with Gasteiger partial charge >= 0.3 is 0 Å². The smallest absolute Gasteiger partial charge is 0.0643 e. The Morgan fingerprint density at radius 3 is 2.95 bits per heavy atom. The molecule has 1 aliphatic heterocycles. The molecule has 0 bridgehead atoms. The molecule has 1 aromatic carbocycles. The van der Waals surface area contributed by atoms with Crippen molar-refractivity contribution in [3.8, 4) is 0 Å². The minimum absolute atomic E-state index is 0.0244.